The number of ether oxygens (including phenoxy) is 1. The van der Waals surface area contributed by atoms with Crippen LogP contribution in [0.1, 0.15) is 38.7 Å². The molecule has 4 heteroatoms. The molecule has 0 heterocycles. The van der Waals surface area contributed by atoms with E-state index in [2.05, 4.69) is 5.32 Å². The van der Waals surface area contributed by atoms with E-state index in [-0.39, 0.29) is 17.8 Å². The minimum absolute atomic E-state index is 0.0297. The van der Waals surface area contributed by atoms with Gasteiger partial charge in [-0.05, 0) is 68.7 Å². The third kappa shape index (κ3) is 3.28. The van der Waals surface area contributed by atoms with Gasteiger partial charge >= 0.3 is 0 Å². The third-order valence-electron chi connectivity index (χ3n) is 4.52. The molecule has 24 heavy (non-hydrogen) atoms. The summed E-state index contributed by atoms with van der Waals surface area (Å²) in [6, 6.07) is 13.6. The van der Waals surface area contributed by atoms with Crippen LogP contribution in [-0.4, -0.2) is 12.0 Å². The highest BCUT2D eigenvalue weighted by Gasteiger charge is 2.45. The van der Waals surface area contributed by atoms with Crippen molar-refractivity contribution in [3.63, 3.8) is 0 Å². The fourth-order valence-corrected chi connectivity index (χ4v) is 3.09. The van der Waals surface area contributed by atoms with E-state index in [1.54, 1.807) is 12.1 Å². The SMILES string of the molecule is CC(C)Oc1ccc(NC(=O)C2(c3ccc(F)cc3)CCC2)cc1. The minimum Gasteiger partial charge on any atom is -0.491 e. The third-order valence-corrected chi connectivity index (χ3v) is 4.52. The van der Waals surface area contributed by atoms with Crippen LogP contribution in [0.2, 0.25) is 0 Å². The molecule has 0 bridgehead atoms. The number of carbonyl (C=O) groups excluding carboxylic acids is 1. The first kappa shape index (κ1) is 16.5. The van der Waals surface area contributed by atoms with E-state index in [4.69, 9.17) is 4.74 Å². The van der Waals surface area contributed by atoms with Crippen LogP contribution in [0, 0.1) is 5.82 Å². The van der Waals surface area contributed by atoms with E-state index >= 15 is 0 Å². The monoisotopic (exact) mass is 327 g/mol. The van der Waals surface area contributed by atoms with Gasteiger partial charge in [-0.3, -0.25) is 4.79 Å². The van der Waals surface area contributed by atoms with Crippen LogP contribution in [0.3, 0.4) is 0 Å². The highest BCUT2D eigenvalue weighted by molar-refractivity contribution is 5.99. The summed E-state index contributed by atoms with van der Waals surface area (Å²) in [7, 11) is 0. The molecule has 2 aromatic rings. The van der Waals surface area contributed by atoms with E-state index in [0.29, 0.717) is 0 Å². The molecule has 0 spiro atoms. The molecule has 0 unspecified atom stereocenters. The van der Waals surface area contributed by atoms with Gasteiger partial charge in [0.05, 0.1) is 11.5 Å². The average molecular weight is 327 g/mol. The Labute approximate surface area is 141 Å². The van der Waals surface area contributed by atoms with Crippen molar-refractivity contribution in [1.82, 2.24) is 0 Å². The van der Waals surface area contributed by atoms with Crippen molar-refractivity contribution in [2.24, 2.45) is 0 Å². The summed E-state index contributed by atoms with van der Waals surface area (Å²) >= 11 is 0. The van der Waals surface area contributed by atoms with Crippen molar-refractivity contribution >= 4 is 11.6 Å². The predicted octanol–water partition coefficient (Wildman–Crippen LogP) is 4.67. The molecule has 1 aliphatic carbocycles. The summed E-state index contributed by atoms with van der Waals surface area (Å²) in [6.45, 7) is 3.94. The van der Waals surface area contributed by atoms with Crippen LogP contribution < -0.4 is 10.1 Å². The summed E-state index contributed by atoms with van der Waals surface area (Å²) < 4.78 is 18.8. The molecule has 1 N–H and O–H groups in total. The summed E-state index contributed by atoms with van der Waals surface area (Å²) in [5.74, 6) is 0.465. The lowest BCUT2D eigenvalue weighted by Crippen LogP contribution is -2.46. The van der Waals surface area contributed by atoms with Crippen LogP contribution in [0.25, 0.3) is 0 Å². The van der Waals surface area contributed by atoms with Gasteiger partial charge in [-0.25, -0.2) is 4.39 Å². The average Bonchev–Trinajstić information content (AvgIpc) is 2.49. The lowest BCUT2D eigenvalue weighted by atomic mass is 9.64. The first-order chi connectivity index (χ1) is 11.5. The second-order valence-corrected chi connectivity index (χ2v) is 6.59. The topological polar surface area (TPSA) is 38.3 Å². The Morgan fingerprint density at radius 2 is 1.71 bits per heavy atom. The zero-order valence-corrected chi connectivity index (χ0v) is 14.0. The van der Waals surface area contributed by atoms with Crippen LogP contribution in [0.5, 0.6) is 5.75 Å². The quantitative estimate of drug-likeness (QED) is 0.866. The summed E-state index contributed by atoms with van der Waals surface area (Å²) in [6.07, 6.45) is 2.70. The zero-order valence-electron chi connectivity index (χ0n) is 14.0. The standard InChI is InChI=1S/C20H22FNO2/c1-14(2)24-18-10-8-17(9-11-18)22-19(23)20(12-3-13-20)15-4-6-16(21)7-5-15/h4-11,14H,3,12-13H2,1-2H3,(H,22,23). The maximum absolute atomic E-state index is 13.2. The minimum atomic E-state index is -0.541. The molecule has 2 aromatic carbocycles. The van der Waals surface area contributed by atoms with Crippen molar-refractivity contribution in [2.75, 3.05) is 5.32 Å². The molecular weight excluding hydrogens is 305 g/mol. The van der Waals surface area contributed by atoms with Crippen LogP contribution in [0.4, 0.5) is 10.1 Å². The molecule has 1 saturated carbocycles. The highest BCUT2D eigenvalue weighted by Crippen LogP contribution is 2.44. The number of halogens is 1. The fourth-order valence-electron chi connectivity index (χ4n) is 3.09. The van der Waals surface area contributed by atoms with Gasteiger partial charge < -0.3 is 10.1 Å². The number of anilines is 1. The highest BCUT2D eigenvalue weighted by atomic mass is 19.1. The maximum Gasteiger partial charge on any atom is 0.235 e. The fraction of sp³-hybridized carbons (Fsp3) is 0.350. The van der Waals surface area contributed by atoms with E-state index in [9.17, 15) is 9.18 Å². The first-order valence-electron chi connectivity index (χ1n) is 8.34. The largest absolute Gasteiger partial charge is 0.491 e. The molecule has 1 amide bonds. The number of amides is 1. The Kier molecular flexibility index (Phi) is 4.56. The molecular formula is C20H22FNO2. The number of carbonyl (C=O) groups is 1. The van der Waals surface area contributed by atoms with Crippen molar-refractivity contribution in [2.45, 2.75) is 44.6 Å². The van der Waals surface area contributed by atoms with Crippen molar-refractivity contribution < 1.29 is 13.9 Å². The molecule has 0 aliphatic heterocycles. The second-order valence-electron chi connectivity index (χ2n) is 6.59. The van der Waals surface area contributed by atoms with Gasteiger partial charge in [-0.1, -0.05) is 18.6 Å². The van der Waals surface area contributed by atoms with E-state index in [0.717, 1.165) is 36.3 Å². The summed E-state index contributed by atoms with van der Waals surface area (Å²) in [4.78, 5) is 12.8. The Morgan fingerprint density at radius 3 is 2.21 bits per heavy atom. The van der Waals surface area contributed by atoms with Gasteiger partial charge in [0.2, 0.25) is 5.91 Å². The second kappa shape index (κ2) is 6.63. The summed E-state index contributed by atoms with van der Waals surface area (Å²) in [5.41, 5.74) is 1.08. The van der Waals surface area contributed by atoms with Crippen molar-refractivity contribution in [3.05, 3.63) is 59.9 Å². The molecule has 3 nitrogen and oxygen atoms in total. The number of hydrogen-bond donors (Lipinski definition) is 1. The normalized spacial score (nSPS) is 15.7. The Hall–Kier alpha value is -2.36. The zero-order chi connectivity index (χ0) is 17.2. The summed E-state index contributed by atoms with van der Waals surface area (Å²) in [5, 5.41) is 2.99. The first-order valence-corrected chi connectivity index (χ1v) is 8.34. The van der Waals surface area contributed by atoms with Gasteiger partial charge in [0.15, 0.2) is 0 Å². The van der Waals surface area contributed by atoms with E-state index < -0.39 is 5.41 Å². The Bertz CT molecular complexity index is 703. The molecule has 3 rings (SSSR count). The van der Waals surface area contributed by atoms with Gasteiger partial charge in [0.1, 0.15) is 11.6 Å². The molecule has 0 atom stereocenters. The molecule has 0 saturated heterocycles. The number of rotatable bonds is 5. The predicted molar refractivity (Wildman–Crippen MR) is 92.8 cm³/mol. The van der Waals surface area contributed by atoms with Crippen LogP contribution >= 0.6 is 0 Å². The molecule has 126 valence electrons. The molecule has 1 fully saturated rings. The van der Waals surface area contributed by atoms with Crippen molar-refractivity contribution in [3.8, 4) is 5.75 Å². The Balaban J connectivity index is 1.74. The van der Waals surface area contributed by atoms with Gasteiger partial charge in [0, 0.05) is 5.69 Å². The van der Waals surface area contributed by atoms with Crippen LogP contribution in [-0.2, 0) is 10.2 Å². The number of benzene rings is 2. The van der Waals surface area contributed by atoms with E-state index in [1.165, 1.54) is 12.1 Å². The lowest BCUT2D eigenvalue weighted by Gasteiger charge is -2.40. The van der Waals surface area contributed by atoms with Gasteiger partial charge in [0.25, 0.3) is 0 Å². The van der Waals surface area contributed by atoms with Gasteiger partial charge in [-0.2, -0.15) is 0 Å². The number of hydrogen-bond acceptors (Lipinski definition) is 2. The molecule has 0 radical (unpaired) electrons. The Morgan fingerprint density at radius 1 is 1.08 bits per heavy atom. The smallest absolute Gasteiger partial charge is 0.235 e. The number of nitrogens with one attached hydrogen (secondary N) is 1. The van der Waals surface area contributed by atoms with Crippen molar-refractivity contribution in [1.29, 1.82) is 0 Å². The molecule has 0 aromatic heterocycles. The van der Waals surface area contributed by atoms with E-state index in [1.807, 2.05) is 38.1 Å². The van der Waals surface area contributed by atoms with Gasteiger partial charge in [-0.15, -0.1) is 0 Å². The maximum atomic E-state index is 13.2. The lowest BCUT2D eigenvalue weighted by molar-refractivity contribution is -0.124. The molecule has 1 aliphatic rings. The van der Waals surface area contributed by atoms with Crippen LogP contribution in [0.15, 0.2) is 48.5 Å².